The first kappa shape index (κ1) is 103. The number of amides is 5. The van der Waals surface area contributed by atoms with Crippen molar-refractivity contribution < 1.29 is 247 Å². The van der Waals surface area contributed by atoms with Gasteiger partial charge in [-0.15, -0.1) is 0 Å². The minimum Gasteiger partial charge on any atom is -0.394 e. The lowest BCUT2D eigenvalue weighted by molar-refractivity contribution is -0.408. The molecule has 1 unspecified atom stereocenters. The van der Waals surface area contributed by atoms with Crippen LogP contribution in [0.1, 0.15) is 41.5 Å². The summed E-state index contributed by atoms with van der Waals surface area (Å²) in [5, 5.41) is 305. The molecule has 0 aromatic rings. The van der Waals surface area contributed by atoms with Crippen molar-refractivity contribution >= 4 is 29.5 Å². The third-order valence-corrected chi connectivity index (χ3v) is 22.8. The SMILES string of the molecule is CC(=O)N[C@H]1[C@H](O[C@H]2[C@H](O)[C@@H](NC(C)=O)C(O)O[C@@H]2CO[C@@H]2O[C@@H](C)[C@@H](O)[C@@H](O)[C@@H]2O)O[C@H](CO)[C@@H](O[C@H]2O[C@H](CO[C@H]3O[C@H](CO)[C@@H](O)[C@H](O)[C@@H]3O[C@@H]3O[C@H](CO)[C@@H](O)[C@H](O)[C@H]3NC(C)=O)[C@@H](O[C@@H]3O[C@H](CO)[C@@H](O)[C@H](O)[C@H]3NC(C)=O)[C@H](O[C@H]3O[C@H](CO)[C@@H](O)[C@H](O)[C@@H]3O[C@@H]3O[C@H](CO)[C@@H](O[C@@H]4O[C@H](CO)[C@H](O)[C@H](O)[C@H]4O)[C@H](O)[C@H]3NC(C)=O)[C@@H]2O)[C@@H]1O. The van der Waals surface area contributed by atoms with Crippen molar-refractivity contribution in [1.29, 1.82) is 0 Å². The van der Waals surface area contributed by atoms with Gasteiger partial charge in [-0.1, -0.05) is 0 Å². The van der Waals surface area contributed by atoms with Gasteiger partial charge in [0.1, 0.15) is 238 Å². The highest BCUT2D eigenvalue weighted by Crippen LogP contribution is 2.42. The van der Waals surface area contributed by atoms with Gasteiger partial charge < -0.3 is 249 Å². The lowest BCUT2D eigenvalue weighted by Gasteiger charge is -2.52. The summed E-state index contributed by atoms with van der Waals surface area (Å²) in [6.45, 7) is -4.42. The molecule has 55 nitrogen and oxygen atoms in total. The zero-order valence-electron chi connectivity index (χ0n) is 67.7. The van der Waals surface area contributed by atoms with E-state index in [4.69, 9.17) is 90.0 Å². The third-order valence-electron chi connectivity index (χ3n) is 22.8. The molecule has 10 heterocycles. The van der Waals surface area contributed by atoms with Crippen LogP contribution in [0.2, 0.25) is 0 Å². The topological polar surface area (TPSA) is 847 Å². The first-order valence-corrected chi connectivity index (χ1v) is 40.0. The molecule has 10 aliphatic rings. The molecule has 10 rings (SSSR count). The van der Waals surface area contributed by atoms with E-state index in [1.165, 1.54) is 6.92 Å². The second-order valence-electron chi connectivity index (χ2n) is 31.7. The molecule has 31 N–H and O–H groups in total. The number of aliphatic hydroxyl groups is 26. The first-order valence-electron chi connectivity index (χ1n) is 40.0. The zero-order chi connectivity index (χ0) is 92.1. The zero-order valence-corrected chi connectivity index (χ0v) is 67.7. The molecule has 0 radical (unpaired) electrons. The average molecular weight is 1830 g/mol. The van der Waals surface area contributed by atoms with E-state index in [1.54, 1.807) is 0 Å². The van der Waals surface area contributed by atoms with E-state index in [2.05, 4.69) is 26.6 Å². The molecular formula is C70H117N5O50. The van der Waals surface area contributed by atoms with Gasteiger partial charge in [-0.25, -0.2) is 0 Å². The Kier molecular flexibility index (Phi) is 36.8. The van der Waals surface area contributed by atoms with Crippen LogP contribution in [0, 0.1) is 0 Å². The lowest BCUT2D eigenvalue weighted by Crippen LogP contribution is -2.71. The molecule has 55 heteroatoms. The largest absolute Gasteiger partial charge is 0.394 e. The van der Waals surface area contributed by atoms with E-state index in [1.807, 2.05) is 0 Å². The standard InChI is InChI=1S/C70H117N5O50/c1-16-36(88)47(99)51(103)66(109-16)107-14-29-56(44(96)31(61(106)110-29)71-17(2)83)119-64-34(74-20(5)86)45(97)55(28(13-82)116-64)121-68-53(105)58(123-70-60(50(102)41(93)26(11-80)115-70)125-65-35(75-21(6)87)46(98)54(27(12-81)117-65)120-67-52(104)48(100)39(91)24(9-78)113-67)57(122-62-32(72-18(3)84)42(94)37(89)22(7-76)111-62)30(118-68)15-108-69-59(49(101)40(92)25(10-79)114-69)124-63-33(73-19(4)85)43(95)38(90)23(8-77)112-63/h16,22-70,76-82,88-106H,7-15H2,1-6H3,(H,71,83)(H,72,84)(H,73,85)(H,74,86)(H,75,87)/t16-,22+,23+,24+,25+,26+,27+,28+,29+,30+,31+,32+,33+,34+,35+,36+,37+,38+,39-,40+,41+,42+,43+,44+,45+,46+,47+,48-,49-,50-,51-,52+,53-,54+,55+,56+,57+,58+,59-,60-,61?,62-,63-,64-,65-,66+,67-,68+,69-,70+/m0/s1. The number of carbonyl (C=O) groups is 5. The second-order valence-corrected chi connectivity index (χ2v) is 31.7. The van der Waals surface area contributed by atoms with E-state index in [0.717, 1.165) is 34.6 Å². The van der Waals surface area contributed by atoms with Crippen LogP contribution in [0.5, 0.6) is 0 Å². The Labute approximate surface area is 708 Å². The Morgan fingerprint density at radius 3 is 0.904 bits per heavy atom. The fourth-order valence-electron chi connectivity index (χ4n) is 16.2. The summed E-state index contributed by atoms with van der Waals surface area (Å²) in [6.07, 6.45) is -96.0. The molecule has 722 valence electrons. The van der Waals surface area contributed by atoms with Crippen LogP contribution in [-0.2, 0) is 114 Å². The van der Waals surface area contributed by atoms with Crippen LogP contribution in [0.25, 0.3) is 0 Å². The Morgan fingerprint density at radius 1 is 0.224 bits per heavy atom. The summed E-state index contributed by atoms with van der Waals surface area (Å²) in [5.41, 5.74) is 0. The lowest BCUT2D eigenvalue weighted by atomic mass is 9.93. The molecule has 125 heavy (non-hydrogen) atoms. The minimum absolute atomic E-state index is 0.864. The molecule has 0 bridgehead atoms. The predicted molar refractivity (Wildman–Crippen MR) is 386 cm³/mol. The first-order chi connectivity index (χ1) is 59.1. The second kappa shape index (κ2) is 44.9. The van der Waals surface area contributed by atoms with Gasteiger partial charge >= 0.3 is 0 Å². The highest BCUT2D eigenvalue weighted by molar-refractivity contribution is 5.75. The molecule has 0 spiro atoms. The number of hydrogen-bond acceptors (Lipinski definition) is 50. The molecule has 0 aromatic carbocycles. The van der Waals surface area contributed by atoms with Crippen LogP contribution in [0.4, 0.5) is 0 Å². The van der Waals surface area contributed by atoms with Crippen LogP contribution in [0.15, 0.2) is 0 Å². The van der Waals surface area contributed by atoms with Gasteiger partial charge in [-0.3, -0.25) is 24.0 Å². The van der Waals surface area contributed by atoms with Gasteiger partial charge in [0.2, 0.25) is 29.5 Å². The number of hydrogen-bond donors (Lipinski definition) is 31. The van der Waals surface area contributed by atoms with E-state index in [0.29, 0.717) is 0 Å². The summed E-state index contributed by atoms with van der Waals surface area (Å²) in [4.78, 5) is 65.0. The molecule has 0 aliphatic carbocycles. The maximum Gasteiger partial charge on any atom is 0.217 e. The molecule has 10 fully saturated rings. The van der Waals surface area contributed by atoms with Crippen molar-refractivity contribution in [3.63, 3.8) is 0 Å². The molecule has 0 saturated carbocycles. The number of aliphatic hydroxyl groups excluding tert-OH is 26. The van der Waals surface area contributed by atoms with Crippen LogP contribution in [-0.4, -0.2) is 529 Å². The van der Waals surface area contributed by atoms with Gasteiger partial charge in [0.05, 0.1) is 65.6 Å². The molecule has 50 atom stereocenters. The van der Waals surface area contributed by atoms with Gasteiger partial charge in [0, 0.05) is 34.6 Å². The van der Waals surface area contributed by atoms with Crippen molar-refractivity contribution in [2.24, 2.45) is 0 Å². The highest BCUT2D eigenvalue weighted by atomic mass is 16.8. The maximum atomic E-state index is 13.4. The summed E-state index contributed by atoms with van der Waals surface area (Å²) in [7, 11) is 0. The Hall–Kier alpha value is -4.45. The number of rotatable bonds is 32. The van der Waals surface area contributed by atoms with Gasteiger partial charge in [-0.2, -0.15) is 0 Å². The average Bonchev–Trinajstić information content (AvgIpc) is 0.756. The minimum atomic E-state index is -2.78. The molecule has 5 amide bonds. The number of nitrogens with one attached hydrogen (secondary N) is 5. The van der Waals surface area contributed by atoms with Crippen molar-refractivity contribution in [1.82, 2.24) is 26.6 Å². The Bertz CT molecular complexity index is 3420. The fraction of sp³-hybridized carbons (Fsp3) is 0.929. The number of carbonyl (C=O) groups excluding carboxylic acids is 5. The predicted octanol–water partition coefficient (Wildman–Crippen LogP) is -21.1. The normalized spacial score (nSPS) is 48.7. The van der Waals surface area contributed by atoms with Crippen LogP contribution < -0.4 is 26.6 Å². The van der Waals surface area contributed by atoms with Gasteiger partial charge in [0.15, 0.2) is 62.9 Å². The van der Waals surface area contributed by atoms with Gasteiger partial charge in [-0.05, 0) is 6.92 Å². The van der Waals surface area contributed by atoms with Crippen molar-refractivity contribution in [2.45, 2.75) is 348 Å². The van der Waals surface area contributed by atoms with Crippen LogP contribution >= 0.6 is 0 Å². The fourth-order valence-corrected chi connectivity index (χ4v) is 16.2. The monoisotopic (exact) mass is 1830 g/mol. The van der Waals surface area contributed by atoms with Gasteiger partial charge in [0.25, 0.3) is 0 Å². The van der Waals surface area contributed by atoms with E-state index < -0.39 is 396 Å². The highest BCUT2D eigenvalue weighted by Gasteiger charge is 2.62. The Balaban J connectivity index is 1.08. The van der Waals surface area contributed by atoms with Crippen molar-refractivity contribution in [3.05, 3.63) is 0 Å². The van der Waals surface area contributed by atoms with E-state index in [-0.39, 0.29) is 0 Å². The quantitative estimate of drug-likeness (QED) is 0.0297. The van der Waals surface area contributed by atoms with Crippen molar-refractivity contribution in [2.75, 3.05) is 59.5 Å². The molecule has 10 saturated heterocycles. The maximum absolute atomic E-state index is 13.4. The number of ether oxygens (including phenoxy) is 19. The van der Waals surface area contributed by atoms with E-state index in [9.17, 15) is 157 Å². The van der Waals surface area contributed by atoms with E-state index >= 15 is 0 Å². The summed E-state index contributed by atoms with van der Waals surface area (Å²) < 4.78 is 116. The smallest absolute Gasteiger partial charge is 0.217 e. The summed E-state index contributed by atoms with van der Waals surface area (Å²) >= 11 is 0. The third kappa shape index (κ3) is 23.1. The van der Waals surface area contributed by atoms with Crippen LogP contribution in [0.3, 0.4) is 0 Å². The molecular weight excluding hydrogens is 1710 g/mol. The summed E-state index contributed by atoms with van der Waals surface area (Å²) in [5.74, 6) is -4.80. The molecule has 10 aliphatic heterocycles. The Morgan fingerprint density at radius 2 is 0.488 bits per heavy atom. The summed E-state index contributed by atoms with van der Waals surface area (Å²) in [6, 6.07) is -9.78. The molecule has 0 aromatic heterocycles. The van der Waals surface area contributed by atoms with Crippen molar-refractivity contribution in [3.8, 4) is 0 Å².